The summed E-state index contributed by atoms with van der Waals surface area (Å²) in [7, 11) is 0. The maximum absolute atomic E-state index is 5.85. The van der Waals surface area contributed by atoms with E-state index < -0.39 is 0 Å². The van der Waals surface area contributed by atoms with Crippen LogP contribution in [0.2, 0.25) is 0 Å². The van der Waals surface area contributed by atoms with Crippen LogP contribution < -0.4 is 5.32 Å². The van der Waals surface area contributed by atoms with Crippen LogP contribution in [0.4, 0.5) is 0 Å². The molecule has 1 aliphatic rings. The zero-order chi connectivity index (χ0) is 22.9. The summed E-state index contributed by atoms with van der Waals surface area (Å²) >= 11 is 5.85. The highest BCUT2D eigenvalue weighted by Gasteiger charge is 2.41. The quantitative estimate of drug-likeness (QED) is 0.412. The van der Waals surface area contributed by atoms with Crippen LogP contribution in [0.15, 0.2) is 79.1 Å². The van der Waals surface area contributed by atoms with Crippen LogP contribution >= 0.6 is 12.2 Å². The maximum atomic E-state index is 5.85. The zero-order valence-corrected chi connectivity index (χ0v) is 19.9. The van der Waals surface area contributed by atoms with Crippen molar-refractivity contribution in [3.8, 4) is 5.82 Å². The van der Waals surface area contributed by atoms with Crippen LogP contribution in [0, 0.1) is 20.8 Å². The Kier molecular flexibility index (Phi) is 5.68. The Labute approximate surface area is 200 Å². The Morgan fingerprint density at radius 1 is 0.939 bits per heavy atom. The Morgan fingerprint density at radius 3 is 2.42 bits per heavy atom. The van der Waals surface area contributed by atoms with Crippen molar-refractivity contribution in [3.63, 3.8) is 0 Å². The average Bonchev–Trinajstić information content (AvgIpc) is 3.31. The van der Waals surface area contributed by atoms with E-state index in [1.54, 1.807) is 0 Å². The molecule has 0 saturated carbocycles. The first kappa shape index (κ1) is 21.3. The van der Waals surface area contributed by atoms with E-state index in [0.29, 0.717) is 0 Å². The van der Waals surface area contributed by atoms with Crippen molar-refractivity contribution in [2.75, 3.05) is 0 Å². The van der Waals surface area contributed by atoms with Crippen LogP contribution in [-0.2, 0) is 6.54 Å². The molecule has 1 aliphatic heterocycles. The number of nitrogens with one attached hydrogen (secondary N) is 1. The lowest BCUT2D eigenvalue weighted by atomic mass is 9.96. The molecule has 33 heavy (non-hydrogen) atoms. The lowest BCUT2D eigenvalue weighted by Gasteiger charge is -2.28. The fourth-order valence-corrected chi connectivity index (χ4v) is 5.03. The highest BCUT2D eigenvalue weighted by molar-refractivity contribution is 7.80. The van der Waals surface area contributed by atoms with E-state index in [4.69, 9.17) is 12.2 Å². The molecule has 4 aromatic rings. The first-order valence-corrected chi connectivity index (χ1v) is 11.6. The molecule has 0 spiro atoms. The molecule has 3 aromatic heterocycles. The summed E-state index contributed by atoms with van der Waals surface area (Å²) in [6.45, 7) is 7.09. The minimum Gasteiger partial charge on any atom is -0.352 e. The number of aryl methyl sites for hydroxylation is 2. The van der Waals surface area contributed by atoms with E-state index >= 15 is 0 Å². The molecule has 5 rings (SSSR count). The van der Waals surface area contributed by atoms with E-state index in [9.17, 15) is 0 Å². The van der Waals surface area contributed by atoms with Gasteiger partial charge in [0, 0.05) is 30.3 Å². The molecule has 1 N–H and O–H groups in total. The number of hydrogen-bond donors (Lipinski definition) is 1. The van der Waals surface area contributed by atoms with Gasteiger partial charge in [0.05, 0.1) is 17.8 Å². The minimum absolute atomic E-state index is 0.0120. The molecular weight excluding hydrogens is 426 g/mol. The Balaban J connectivity index is 1.61. The van der Waals surface area contributed by atoms with E-state index in [1.165, 1.54) is 16.8 Å². The first-order valence-electron chi connectivity index (χ1n) is 11.2. The molecule has 1 fully saturated rings. The molecule has 0 aliphatic carbocycles. The molecule has 0 unspecified atom stereocenters. The van der Waals surface area contributed by atoms with Gasteiger partial charge >= 0.3 is 0 Å². The maximum Gasteiger partial charge on any atom is 0.170 e. The second-order valence-electron chi connectivity index (χ2n) is 8.60. The standard InChI is InChI=1S/C27H27N5S/c1-18-12-13-24(29-16-18)32-19(2)15-22(20(32)3)26-25(23-11-7-8-14-28-23)30-27(33)31(26)17-21-9-5-4-6-10-21/h4-16,25-26H,17H2,1-3H3,(H,30,33)/t25-,26+/m0/s1. The number of rotatable bonds is 5. The molecule has 1 aromatic carbocycles. The Morgan fingerprint density at radius 2 is 1.73 bits per heavy atom. The molecule has 5 nitrogen and oxygen atoms in total. The van der Waals surface area contributed by atoms with E-state index in [1.807, 2.05) is 30.6 Å². The van der Waals surface area contributed by atoms with Crippen LogP contribution in [-0.4, -0.2) is 24.5 Å². The summed E-state index contributed by atoms with van der Waals surface area (Å²) in [6.07, 6.45) is 3.76. The van der Waals surface area contributed by atoms with Gasteiger partial charge in [0.25, 0.3) is 0 Å². The summed E-state index contributed by atoms with van der Waals surface area (Å²) < 4.78 is 2.23. The lowest BCUT2D eigenvalue weighted by Crippen LogP contribution is -2.29. The number of benzene rings is 1. The minimum atomic E-state index is -0.0395. The van der Waals surface area contributed by atoms with Crippen LogP contribution in [0.25, 0.3) is 5.82 Å². The van der Waals surface area contributed by atoms with Gasteiger partial charge in [-0.1, -0.05) is 42.5 Å². The molecule has 1 saturated heterocycles. The molecular formula is C27H27N5S. The van der Waals surface area contributed by atoms with Crippen molar-refractivity contribution in [1.29, 1.82) is 0 Å². The van der Waals surface area contributed by atoms with Gasteiger partial charge in [-0.3, -0.25) is 4.98 Å². The monoisotopic (exact) mass is 453 g/mol. The van der Waals surface area contributed by atoms with Gasteiger partial charge < -0.3 is 14.8 Å². The number of hydrogen-bond acceptors (Lipinski definition) is 3. The highest BCUT2D eigenvalue weighted by atomic mass is 32.1. The van der Waals surface area contributed by atoms with Gasteiger partial charge in [-0.15, -0.1) is 0 Å². The van der Waals surface area contributed by atoms with E-state index in [0.717, 1.165) is 34.4 Å². The second-order valence-corrected chi connectivity index (χ2v) is 8.98. The van der Waals surface area contributed by atoms with Gasteiger partial charge in [0.2, 0.25) is 0 Å². The van der Waals surface area contributed by atoms with Crippen molar-refractivity contribution in [1.82, 2.24) is 24.8 Å². The third kappa shape index (κ3) is 4.02. The van der Waals surface area contributed by atoms with Crippen molar-refractivity contribution in [2.45, 2.75) is 39.4 Å². The summed E-state index contributed by atoms with van der Waals surface area (Å²) in [5, 5.41) is 4.31. The van der Waals surface area contributed by atoms with Gasteiger partial charge in [0.1, 0.15) is 5.82 Å². The topological polar surface area (TPSA) is 46.0 Å². The fourth-order valence-electron chi connectivity index (χ4n) is 4.73. The number of pyridine rings is 2. The normalized spacial score (nSPS) is 17.9. The van der Waals surface area contributed by atoms with Gasteiger partial charge in [-0.2, -0.15) is 0 Å². The van der Waals surface area contributed by atoms with E-state index in [-0.39, 0.29) is 12.1 Å². The molecule has 6 heteroatoms. The smallest absolute Gasteiger partial charge is 0.170 e. The van der Waals surface area contributed by atoms with Crippen molar-refractivity contribution in [3.05, 3.63) is 113 Å². The van der Waals surface area contributed by atoms with Crippen molar-refractivity contribution < 1.29 is 0 Å². The molecule has 0 radical (unpaired) electrons. The van der Waals surface area contributed by atoms with Gasteiger partial charge in [-0.05, 0) is 73.9 Å². The SMILES string of the molecule is Cc1ccc(-n2c(C)cc([C@@H]3[C@H](c4ccccn4)NC(=S)N3Cc3ccccc3)c2C)nc1. The fraction of sp³-hybridized carbons (Fsp3) is 0.222. The molecule has 166 valence electrons. The summed E-state index contributed by atoms with van der Waals surface area (Å²) in [6, 6.07) is 22.9. The predicted octanol–water partition coefficient (Wildman–Crippen LogP) is 5.37. The van der Waals surface area contributed by atoms with Gasteiger partial charge in [0.15, 0.2) is 5.11 Å². The number of nitrogens with zero attached hydrogens (tertiary/aromatic N) is 4. The Hall–Kier alpha value is -3.51. The van der Waals surface area contributed by atoms with Crippen molar-refractivity contribution in [2.24, 2.45) is 0 Å². The number of thiocarbonyl (C=S) groups is 1. The zero-order valence-electron chi connectivity index (χ0n) is 19.1. The predicted molar refractivity (Wildman–Crippen MR) is 135 cm³/mol. The van der Waals surface area contributed by atoms with Crippen molar-refractivity contribution >= 4 is 17.3 Å². The number of aromatic nitrogens is 3. The van der Waals surface area contributed by atoms with Crippen LogP contribution in [0.3, 0.4) is 0 Å². The summed E-state index contributed by atoms with van der Waals surface area (Å²) in [5.41, 5.74) is 6.90. The molecule has 2 atom stereocenters. The first-order chi connectivity index (χ1) is 16.0. The third-order valence-electron chi connectivity index (χ3n) is 6.31. The lowest BCUT2D eigenvalue weighted by molar-refractivity contribution is 0.310. The summed E-state index contributed by atoms with van der Waals surface area (Å²) in [4.78, 5) is 11.6. The highest BCUT2D eigenvalue weighted by Crippen LogP contribution is 2.42. The third-order valence-corrected chi connectivity index (χ3v) is 6.66. The largest absolute Gasteiger partial charge is 0.352 e. The van der Waals surface area contributed by atoms with Crippen LogP contribution in [0.1, 0.15) is 45.9 Å². The van der Waals surface area contributed by atoms with E-state index in [2.05, 4.69) is 94.1 Å². The second kappa shape index (κ2) is 8.79. The molecule has 0 bridgehead atoms. The van der Waals surface area contributed by atoms with Crippen LogP contribution in [0.5, 0.6) is 0 Å². The van der Waals surface area contributed by atoms with Gasteiger partial charge in [-0.25, -0.2) is 4.98 Å². The molecule has 0 amide bonds. The Bertz CT molecular complexity index is 1270. The molecule has 4 heterocycles. The summed E-state index contributed by atoms with van der Waals surface area (Å²) in [5.74, 6) is 0.930. The average molecular weight is 454 g/mol.